The van der Waals surface area contributed by atoms with Crippen LogP contribution in [0.2, 0.25) is 0 Å². The molecule has 5 heteroatoms. The maximum Gasteiger partial charge on any atom is 0.269 e. The molecule has 1 aliphatic rings. The molecular formula is C13H18N2O3. The van der Waals surface area contributed by atoms with Crippen LogP contribution in [0.25, 0.3) is 0 Å². The summed E-state index contributed by atoms with van der Waals surface area (Å²) in [4.78, 5) is 10.4. The summed E-state index contributed by atoms with van der Waals surface area (Å²) in [6.07, 6.45) is 2.22. The smallest absolute Gasteiger partial charge is 0.269 e. The highest BCUT2D eigenvalue weighted by molar-refractivity contribution is 5.35. The highest BCUT2D eigenvalue weighted by Gasteiger charge is 2.29. The Bertz CT molecular complexity index is 430. The second kappa shape index (κ2) is 5.46. The Hall–Kier alpha value is -1.46. The van der Waals surface area contributed by atoms with Crippen molar-refractivity contribution in [2.75, 3.05) is 0 Å². The first kappa shape index (κ1) is 13.0. The molecule has 1 aromatic carbocycles. The lowest BCUT2D eigenvalue weighted by atomic mass is 9.88. The van der Waals surface area contributed by atoms with E-state index in [-0.39, 0.29) is 22.8 Å². The second-order valence-corrected chi connectivity index (χ2v) is 4.80. The third-order valence-electron chi connectivity index (χ3n) is 3.44. The van der Waals surface area contributed by atoms with Gasteiger partial charge in [-0.15, -0.1) is 0 Å². The number of benzene rings is 1. The van der Waals surface area contributed by atoms with Gasteiger partial charge in [0.1, 0.15) is 0 Å². The summed E-state index contributed by atoms with van der Waals surface area (Å²) in [6, 6.07) is 7.18. The zero-order valence-electron chi connectivity index (χ0n) is 10.4. The minimum Gasteiger partial charge on any atom is -0.393 e. The molecule has 1 unspecified atom stereocenters. The van der Waals surface area contributed by atoms with E-state index in [1.54, 1.807) is 12.1 Å². The number of aliphatic hydroxyl groups is 1. The van der Waals surface area contributed by atoms with Crippen LogP contribution in [0, 0.1) is 10.1 Å². The number of hydrogen-bond acceptors (Lipinski definition) is 4. The predicted molar refractivity (Wildman–Crippen MR) is 68.3 cm³/mol. The molecule has 1 aromatic rings. The van der Waals surface area contributed by atoms with Gasteiger partial charge in [-0.1, -0.05) is 19.1 Å². The minimum absolute atomic E-state index is 0.113. The number of nitro benzene ring substituents is 1. The van der Waals surface area contributed by atoms with Crippen LogP contribution in [0.4, 0.5) is 5.69 Å². The molecule has 1 atom stereocenters. The Morgan fingerprint density at radius 2 is 2.28 bits per heavy atom. The summed E-state index contributed by atoms with van der Waals surface area (Å²) in [5, 5.41) is 23.4. The highest BCUT2D eigenvalue weighted by atomic mass is 16.6. The van der Waals surface area contributed by atoms with Gasteiger partial charge in [0, 0.05) is 24.2 Å². The Morgan fingerprint density at radius 1 is 1.56 bits per heavy atom. The van der Waals surface area contributed by atoms with E-state index in [2.05, 4.69) is 5.32 Å². The number of hydrogen-bond donors (Lipinski definition) is 2. The van der Waals surface area contributed by atoms with Crippen LogP contribution in [-0.4, -0.2) is 22.2 Å². The largest absolute Gasteiger partial charge is 0.393 e. The van der Waals surface area contributed by atoms with E-state index in [4.69, 9.17) is 0 Å². The SMILES string of the molecule is CCC(NC1CC(O)C1)c1cccc([N+](=O)[O-])c1. The van der Waals surface area contributed by atoms with Gasteiger partial charge >= 0.3 is 0 Å². The van der Waals surface area contributed by atoms with E-state index in [0.717, 1.165) is 24.8 Å². The molecule has 0 amide bonds. The van der Waals surface area contributed by atoms with E-state index in [9.17, 15) is 15.2 Å². The van der Waals surface area contributed by atoms with E-state index >= 15 is 0 Å². The molecule has 1 aliphatic carbocycles. The summed E-state index contributed by atoms with van der Waals surface area (Å²) < 4.78 is 0. The summed E-state index contributed by atoms with van der Waals surface area (Å²) >= 11 is 0. The molecule has 0 aromatic heterocycles. The van der Waals surface area contributed by atoms with Gasteiger partial charge in [0.15, 0.2) is 0 Å². The van der Waals surface area contributed by atoms with Crippen LogP contribution >= 0.6 is 0 Å². The van der Waals surface area contributed by atoms with E-state index < -0.39 is 0 Å². The number of nitrogens with one attached hydrogen (secondary N) is 1. The molecule has 0 bridgehead atoms. The van der Waals surface area contributed by atoms with Crippen LogP contribution in [0.15, 0.2) is 24.3 Å². The molecule has 0 spiro atoms. The molecule has 2 rings (SSSR count). The summed E-state index contributed by atoms with van der Waals surface area (Å²) in [7, 11) is 0. The average Bonchev–Trinajstić information content (AvgIpc) is 2.33. The number of aliphatic hydroxyl groups excluding tert-OH is 1. The fourth-order valence-electron chi connectivity index (χ4n) is 2.31. The average molecular weight is 250 g/mol. The van der Waals surface area contributed by atoms with Gasteiger partial charge in [-0.3, -0.25) is 10.1 Å². The summed E-state index contributed by atoms with van der Waals surface area (Å²) in [5.74, 6) is 0. The summed E-state index contributed by atoms with van der Waals surface area (Å²) in [5.41, 5.74) is 1.06. The molecule has 0 radical (unpaired) electrons. The van der Waals surface area contributed by atoms with E-state index in [1.807, 2.05) is 13.0 Å². The summed E-state index contributed by atoms with van der Waals surface area (Å²) in [6.45, 7) is 2.05. The molecule has 0 heterocycles. The second-order valence-electron chi connectivity index (χ2n) is 4.80. The molecule has 2 N–H and O–H groups in total. The van der Waals surface area contributed by atoms with Crippen molar-refractivity contribution in [2.45, 2.75) is 44.4 Å². The Labute approximate surface area is 106 Å². The molecular weight excluding hydrogens is 232 g/mol. The van der Waals surface area contributed by atoms with Gasteiger partial charge < -0.3 is 10.4 Å². The molecule has 1 fully saturated rings. The third-order valence-corrected chi connectivity index (χ3v) is 3.44. The molecule has 1 saturated carbocycles. The van der Waals surface area contributed by atoms with Crippen LogP contribution < -0.4 is 5.32 Å². The third kappa shape index (κ3) is 2.86. The monoisotopic (exact) mass is 250 g/mol. The van der Waals surface area contributed by atoms with Crippen LogP contribution in [0.5, 0.6) is 0 Å². The maximum absolute atomic E-state index is 10.7. The number of nitro groups is 1. The van der Waals surface area contributed by atoms with Crippen LogP contribution in [0.1, 0.15) is 37.8 Å². The topological polar surface area (TPSA) is 75.4 Å². The Balaban J connectivity index is 2.07. The van der Waals surface area contributed by atoms with Crippen molar-refractivity contribution in [2.24, 2.45) is 0 Å². The predicted octanol–water partition coefficient (Wildman–Crippen LogP) is 2.16. The molecule has 98 valence electrons. The van der Waals surface area contributed by atoms with Crippen molar-refractivity contribution >= 4 is 5.69 Å². The molecule has 0 saturated heterocycles. The Morgan fingerprint density at radius 3 is 2.83 bits per heavy atom. The first-order valence-corrected chi connectivity index (χ1v) is 6.28. The lowest BCUT2D eigenvalue weighted by Gasteiger charge is -2.35. The Kier molecular flexibility index (Phi) is 3.93. The van der Waals surface area contributed by atoms with Gasteiger partial charge in [-0.25, -0.2) is 0 Å². The van der Waals surface area contributed by atoms with Crippen LogP contribution in [-0.2, 0) is 0 Å². The van der Waals surface area contributed by atoms with Gasteiger partial charge in [0.05, 0.1) is 11.0 Å². The zero-order chi connectivity index (χ0) is 13.1. The van der Waals surface area contributed by atoms with Gasteiger partial charge in [0.2, 0.25) is 0 Å². The van der Waals surface area contributed by atoms with Crippen molar-refractivity contribution in [1.82, 2.24) is 5.32 Å². The van der Waals surface area contributed by atoms with Crippen molar-refractivity contribution in [3.63, 3.8) is 0 Å². The van der Waals surface area contributed by atoms with E-state index in [0.29, 0.717) is 6.04 Å². The highest BCUT2D eigenvalue weighted by Crippen LogP contribution is 2.26. The van der Waals surface area contributed by atoms with Crippen molar-refractivity contribution < 1.29 is 10.0 Å². The first-order chi connectivity index (χ1) is 8.60. The lowest BCUT2D eigenvalue weighted by Crippen LogP contribution is -2.45. The molecule has 18 heavy (non-hydrogen) atoms. The maximum atomic E-state index is 10.7. The van der Waals surface area contributed by atoms with E-state index in [1.165, 1.54) is 6.07 Å². The number of nitrogens with zero attached hydrogens (tertiary/aromatic N) is 1. The van der Waals surface area contributed by atoms with Gasteiger partial charge in [-0.05, 0) is 24.8 Å². The van der Waals surface area contributed by atoms with Crippen molar-refractivity contribution in [1.29, 1.82) is 0 Å². The lowest BCUT2D eigenvalue weighted by molar-refractivity contribution is -0.384. The van der Waals surface area contributed by atoms with Gasteiger partial charge in [-0.2, -0.15) is 0 Å². The van der Waals surface area contributed by atoms with Crippen molar-refractivity contribution in [3.8, 4) is 0 Å². The fourth-order valence-corrected chi connectivity index (χ4v) is 2.31. The minimum atomic E-state index is -0.372. The first-order valence-electron chi connectivity index (χ1n) is 6.28. The van der Waals surface area contributed by atoms with Crippen LogP contribution in [0.3, 0.4) is 0 Å². The number of non-ortho nitro benzene ring substituents is 1. The standard InChI is InChI=1S/C13H18N2O3/c1-2-13(14-10-7-12(16)8-10)9-4-3-5-11(6-9)15(17)18/h3-6,10,12-14,16H,2,7-8H2,1H3. The van der Waals surface area contributed by atoms with Crippen molar-refractivity contribution in [3.05, 3.63) is 39.9 Å². The molecule has 0 aliphatic heterocycles. The molecule has 5 nitrogen and oxygen atoms in total. The quantitative estimate of drug-likeness (QED) is 0.620. The van der Waals surface area contributed by atoms with Gasteiger partial charge in [0.25, 0.3) is 5.69 Å². The normalized spacial score (nSPS) is 24.3. The zero-order valence-corrected chi connectivity index (χ0v) is 10.4. The number of rotatable bonds is 5. The fraction of sp³-hybridized carbons (Fsp3) is 0.538.